The van der Waals surface area contributed by atoms with Crippen LogP contribution in [0.15, 0.2) is 22.7 Å². The maximum Gasteiger partial charge on any atom is 0.338 e. The summed E-state index contributed by atoms with van der Waals surface area (Å²) in [5, 5.41) is 22.5. The van der Waals surface area contributed by atoms with Crippen molar-refractivity contribution in [3.8, 4) is 6.07 Å². The Bertz CT molecular complexity index is 714. The lowest BCUT2D eigenvalue weighted by molar-refractivity contribution is -0.385. The first-order valence-electron chi connectivity index (χ1n) is 6.94. The quantitative estimate of drug-likeness (QED) is 0.446. The monoisotopic (exact) mass is 397 g/mol. The average molecular weight is 398 g/mol. The van der Waals surface area contributed by atoms with E-state index in [9.17, 15) is 19.7 Å². The molecule has 1 N–H and O–H groups in total. The number of carbonyl (C=O) groups excluding carboxylic acids is 2. The minimum absolute atomic E-state index is 0.0513. The number of nitro groups is 1. The molecule has 0 aliphatic heterocycles. The highest BCUT2D eigenvalue weighted by Crippen LogP contribution is 2.25. The van der Waals surface area contributed by atoms with E-state index in [4.69, 9.17) is 10.00 Å². The highest BCUT2D eigenvalue weighted by atomic mass is 79.9. The predicted molar refractivity (Wildman–Crippen MR) is 88.1 cm³/mol. The summed E-state index contributed by atoms with van der Waals surface area (Å²) < 4.78 is 5.06. The lowest BCUT2D eigenvalue weighted by atomic mass is 9.90. The molecule has 0 radical (unpaired) electrons. The van der Waals surface area contributed by atoms with E-state index in [1.807, 2.05) is 6.07 Å². The molecule has 1 atom stereocenters. The van der Waals surface area contributed by atoms with Crippen LogP contribution in [-0.2, 0) is 9.53 Å². The van der Waals surface area contributed by atoms with Gasteiger partial charge in [0, 0.05) is 6.07 Å². The number of carbonyl (C=O) groups is 2. The van der Waals surface area contributed by atoms with Crippen molar-refractivity contribution in [2.75, 3.05) is 6.61 Å². The van der Waals surface area contributed by atoms with E-state index in [2.05, 4.69) is 21.2 Å². The number of nitrogens with zero attached hydrogens (tertiary/aromatic N) is 2. The topological polar surface area (TPSA) is 122 Å². The van der Waals surface area contributed by atoms with E-state index < -0.39 is 28.9 Å². The molecule has 128 valence electrons. The first-order chi connectivity index (χ1) is 11.1. The average Bonchev–Trinajstić information content (AvgIpc) is 2.52. The molecule has 1 rings (SSSR count). The Morgan fingerprint density at radius 2 is 2.12 bits per heavy atom. The normalized spacial score (nSPS) is 12.8. The van der Waals surface area contributed by atoms with Crippen LogP contribution in [0.4, 0.5) is 5.69 Å². The van der Waals surface area contributed by atoms with Crippen LogP contribution in [0, 0.1) is 27.4 Å². The van der Waals surface area contributed by atoms with Crippen molar-refractivity contribution in [3.05, 3.63) is 38.3 Å². The van der Waals surface area contributed by atoms with Gasteiger partial charge in [-0.15, -0.1) is 0 Å². The molecule has 24 heavy (non-hydrogen) atoms. The summed E-state index contributed by atoms with van der Waals surface area (Å²) in [6.07, 6.45) is 0. The molecule has 1 aromatic carbocycles. The fourth-order valence-corrected chi connectivity index (χ4v) is 2.01. The number of amides is 1. The van der Waals surface area contributed by atoms with Gasteiger partial charge >= 0.3 is 5.97 Å². The smallest absolute Gasteiger partial charge is 0.338 e. The number of hydrogen-bond donors (Lipinski definition) is 1. The number of benzene rings is 1. The van der Waals surface area contributed by atoms with Gasteiger partial charge in [-0.3, -0.25) is 14.9 Å². The van der Waals surface area contributed by atoms with Crippen molar-refractivity contribution in [1.29, 1.82) is 5.26 Å². The molecule has 0 unspecified atom stereocenters. The van der Waals surface area contributed by atoms with Crippen LogP contribution in [0.5, 0.6) is 0 Å². The molecule has 0 saturated heterocycles. The lowest BCUT2D eigenvalue weighted by Crippen LogP contribution is -2.50. The van der Waals surface area contributed by atoms with Crippen LogP contribution in [0.3, 0.4) is 0 Å². The SMILES string of the molecule is CC(C)[C@](C)(C#N)NC(=O)COC(=O)c1ccc(Br)c([N+](=O)[O-])c1. The van der Waals surface area contributed by atoms with E-state index in [1.165, 1.54) is 12.1 Å². The molecule has 0 aliphatic carbocycles. The second kappa shape index (κ2) is 7.88. The summed E-state index contributed by atoms with van der Waals surface area (Å²) >= 11 is 3.01. The lowest BCUT2D eigenvalue weighted by Gasteiger charge is -2.27. The number of ether oxygens (including phenoxy) is 1. The minimum Gasteiger partial charge on any atom is -0.452 e. The van der Waals surface area contributed by atoms with E-state index in [1.54, 1.807) is 20.8 Å². The summed E-state index contributed by atoms with van der Waals surface area (Å²) in [5.74, 6) is -1.65. The van der Waals surface area contributed by atoms with E-state index in [0.717, 1.165) is 6.07 Å². The third-order valence-corrected chi connectivity index (χ3v) is 4.17. The molecule has 0 aromatic heterocycles. The number of esters is 1. The van der Waals surface area contributed by atoms with Crippen molar-refractivity contribution >= 4 is 33.5 Å². The fraction of sp³-hybridized carbons (Fsp3) is 0.400. The Morgan fingerprint density at radius 3 is 2.62 bits per heavy atom. The van der Waals surface area contributed by atoms with Crippen molar-refractivity contribution < 1.29 is 19.2 Å². The molecular formula is C15H16BrN3O5. The molecule has 0 spiro atoms. The highest BCUT2D eigenvalue weighted by molar-refractivity contribution is 9.10. The molecule has 0 aliphatic rings. The van der Waals surface area contributed by atoms with Gasteiger partial charge in [0.1, 0.15) is 5.54 Å². The zero-order valence-electron chi connectivity index (χ0n) is 13.3. The standard InChI is InChI=1S/C15H16BrN3O5/c1-9(2)15(3,8-17)18-13(20)7-24-14(21)10-4-5-11(16)12(6-10)19(22)23/h4-6,9H,7H2,1-3H3,(H,18,20)/t15-/m0/s1. The fourth-order valence-electron chi connectivity index (χ4n) is 1.62. The zero-order chi connectivity index (χ0) is 18.5. The van der Waals surface area contributed by atoms with Crippen molar-refractivity contribution in [3.63, 3.8) is 0 Å². The van der Waals surface area contributed by atoms with E-state index in [-0.39, 0.29) is 21.6 Å². The second-order valence-electron chi connectivity index (χ2n) is 5.52. The summed E-state index contributed by atoms with van der Waals surface area (Å²) in [7, 11) is 0. The maximum atomic E-state index is 11.9. The third kappa shape index (κ3) is 4.76. The minimum atomic E-state index is -1.08. The van der Waals surface area contributed by atoms with Crippen molar-refractivity contribution in [2.24, 2.45) is 5.92 Å². The molecule has 0 fully saturated rings. The van der Waals surface area contributed by atoms with E-state index >= 15 is 0 Å². The van der Waals surface area contributed by atoms with Gasteiger partial charge in [-0.2, -0.15) is 5.26 Å². The van der Waals surface area contributed by atoms with Crippen molar-refractivity contribution in [2.45, 2.75) is 26.3 Å². The number of halogens is 1. The second-order valence-corrected chi connectivity index (χ2v) is 6.37. The van der Waals surface area contributed by atoms with Crippen LogP contribution >= 0.6 is 15.9 Å². The number of rotatable bonds is 6. The van der Waals surface area contributed by atoms with E-state index in [0.29, 0.717) is 0 Å². The Labute approximate surface area is 147 Å². The van der Waals surface area contributed by atoms with Gasteiger partial charge in [0.15, 0.2) is 6.61 Å². The van der Waals surface area contributed by atoms with Crippen LogP contribution in [-0.4, -0.2) is 28.9 Å². The zero-order valence-corrected chi connectivity index (χ0v) is 14.9. The number of hydrogen-bond acceptors (Lipinski definition) is 6. The highest BCUT2D eigenvalue weighted by Gasteiger charge is 2.30. The number of nitrogens with one attached hydrogen (secondary N) is 1. The molecule has 1 amide bonds. The first kappa shape index (κ1) is 19.6. The number of nitro benzene ring substituents is 1. The molecule has 8 nitrogen and oxygen atoms in total. The Morgan fingerprint density at radius 1 is 1.50 bits per heavy atom. The van der Waals surface area contributed by atoms with Gasteiger partial charge in [0.05, 0.1) is 21.0 Å². The van der Waals surface area contributed by atoms with Crippen LogP contribution in [0.2, 0.25) is 0 Å². The third-order valence-electron chi connectivity index (χ3n) is 3.50. The van der Waals surface area contributed by atoms with Gasteiger partial charge in [0.2, 0.25) is 0 Å². The molecule has 0 bridgehead atoms. The summed E-state index contributed by atoms with van der Waals surface area (Å²) in [4.78, 5) is 33.9. The van der Waals surface area contributed by atoms with Gasteiger partial charge < -0.3 is 10.1 Å². The van der Waals surface area contributed by atoms with Gasteiger partial charge in [0.25, 0.3) is 11.6 Å². The van der Waals surface area contributed by atoms with Gasteiger partial charge in [-0.05, 0) is 40.9 Å². The maximum absolute atomic E-state index is 11.9. The summed E-state index contributed by atoms with van der Waals surface area (Å²) in [6, 6.07) is 5.74. The first-order valence-corrected chi connectivity index (χ1v) is 7.73. The van der Waals surface area contributed by atoms with Gasteiger partial charge in [-0.1, -0.05) is 13.8 Å². The van der Waals surface area contributed by atoms with Gasteiger partial charge in [-0.25, -0.2) is 4.79 Å². The Balaban J connectivity index is 2.73. The molecule has 9 heteroatoms. The summed E-state index contributed by atoms with van der Waals surface area (Å²) in [5.41, 5.74) is -1.42. The molecular weight excluding hydrogens is 382 g/mol. The predicted octanol–water partition coefficient (Wildman–Crippen LogP) is 2.57. The number of nitriles is 1. The molecule has 1 aromatic rings. The van der Waals surface area contributed by atoms with Crippen LogP contribution in [0.1, 0.15) is 31.1 Å². The molecule has 0 heterocycles. The summed E-state index contributed by atoms with van der Waals surface area (Å²) in [6.45, 7) is 4.52. The largest absolute Gasteiger partial charge is 0.452 e. The van der Waals surface area contributed by atoms with Crippen molar-refractivity contribution in [1.82, 2.24) is 5.32 Å². The van der Waals surface area contributed by atoms with Crippen LogP contribution < -0.4 is 5.32 Å². The Kier molecular flexibility index (Phi) is 6.42. The van der Waals surface area contributed by atoms with Crippen LogP contribution in [0.25, 0.3) is 0 Å². The Hall–Kier alpha value is -2.47. The molecule has 0 saturated carbocycles.